The highest BCUT2D eigenvalue weighted by Crippen LogP contribution is 2.27. The second kappa shape index (κ2) is 8.94. The van der Waals surface area contributed by atoms with Crippen LogP contribution in [0.2, 0.25) is 0 Å². The van der Waals surface area contributed by atoms with Gasteiger partial charge in [-0.25, -0.2) is 13.4 Å². The van der Waals surface area contributed by atoms with E-state index in [1.165, 1.54) is 47.9 Å². The minimum Gasteiger partial charge on any atom is -0.462 e. The molecule has 32 heavy (non-hydrogen) atoms. The monoisotopic (exact) mass is 488 g/mol. The largest absolute Gasteiger partial charge is 0.462 e. The van der Waals surface area contributed by atoms with Crippen molar-refractivity contribution in [2.24, 2.45) is 0 Å². The number of anilines is 1. The first-order valence-corrected chi connectivity index (χ1v) is 12.3. The molecule has 0 bridgehead atoms. The Balaban J connectivity index is 1.37. The summed E-state index contributed by atoms with van der Waals surface area (Å²) < 4.78 is 32.4. The van der Waals surface area contributed by atoms with Crippen molar-refractivity contribution in [3.8, 4) is 10.8 Å². The summed E-state index contributed by atoms with van der Waals surface area (Å²) in [7, 11) is -3.68. The number of nitrogens with one attached hydrogen (secondary N) is 3. The lowest BCUT2D eigenvalue weighted by Crippen LogP contribution is -2.42. The molecule has 0 fully saturated rings. The molecule has 3 heterocycles. The molecule has 12 heteroatoms. The Kier molecular flexibility index (Phi) is 6.08. The first-order valence-electron chi connectivity index (χ1n) is 9.12. The molecule has 0 saturated carbocycles. The third-order valence-corrected chi connectivity index (χ3v) is 7.96. The number of hydrazine groups is 1. The number of amides is 2. The summed E-state index contributed by atoms with van der Waals surface area (Å²) in [6.45, 7) is 1.75. The fraction of sp³-hybridized carbons (Fsp3) is 0.0500. The number of benzene rings is 1. The lowest BCUT2D eigenvalue weighted by atomic mass is 10.2. The van der Waals surface area contributed by atoms with Crippen molar-refractivity contribution < 1.29 is 22.4 Å². The Morgan fingerprint density at radius 3 is 2.41 bits per heavy atom. The van der Waals surface area contributed by atoms with E-state index in [1.807, 2.05) is 0 Å². The molecule has 0 aliphatic rings. The molecule has 1 aromatic carbocycles. The summed E-state index contributed by atoms with van der Waals surface area (Å²) in [5.74, 6) is -0.577. The summed E-state index contributed by atoms with van der Waals surface area (Å²) in [6.07, 6.45) is 1.52. The van der Waals surface area contributed by atoms with E-state index in [9.17, 15) is 18.0 Å². The zero-order valence-corrected chi connectivity index (χ0v) is 18.9. The topological polar surface area (TPSA) is 130 Å². The predicted octanol–water partition coefficient (Wildman–Crippen LogP) is 3.65. The molecular weight excluding hydrogens is 472 g/mol. The molecule has 4 rings (SSSR count). The number of furan rings is 1. The first-order chi connectivity index (χ1) is 15.3. The maximum atomic E-state index is 12.4. The van der Waals surface area contributed by atoms with Crippen LogP contribution in [0, 0.1) is 6.92 Å². The van der Waals surface area contributed by atoms with E-state index in [-0.39, 0.29) is 15.5 Å². The third kappa shape index (κ3) is 4.72. The molecule has 4 aromatic rings. The quantitative estimate of drug-likeness (QED) is 0.355. The maximum Gasteiger partial charge on any atom is 0.289 e. The van der Waals surface area contributed by atoms with E-state index in [2.05, 4.69) is 20.6 Å². The minimum atomic E-state index is -3.68. The summed E-state index contributed by atoms with van der Waals surface area (Å²) >= 11 is 2.40. The number of carbonyl (C=O) groups is 2. The van der Waals surface area contributed by atoms with Gasteiger partial charge in [-0.15, -0.1) is 22.7 Å². The number of nitrogens with zero attached hydrogens (tertiary/aromatic N) is 1. The number of hydrogen-bond acceptors (Lipinski definition) is 8. The first kappa shape index (κ1) is 21.7. The number of rotatable bonds is 6. The van der Waals surface area contributed by atoms with E-state index in [0.717, 1.165) is 11.3 Å². The Morgan fingerprint density at radius 1 is 1.00 bits per heavy atom. The fourth-order valence-corrected chi connectivity index (χ4v) is 5.60. The molecule has 3 N–H and O–H groups in total. The number of hydrogen-bond donors (Lipinski definition) is 3. The summed E-state index contributed by atoms with van der Waals surface area (Å²) in [5, 5.41) is 2.23. The highest BCUT2D eigenvalue weighted by atomic mass is 32.2. The SMILES string of the molecule is Cc1sc(-c2ccco2)nc1C(=O)NNC(=O)c1ccc(NS(=O)(=O)c2cccs2)cc1. The number of sulfonamides is 1. The Labute approximate surface area is 191 Å². The second-order valence-corrected chi connectivity index (χ2v) is 10.5. The van der Waals surface area contributed by atoms with E-state index in [1.54, 1.807) is 30.5 Å². The van der Waals surface area contributed by atoms with Gasteiger partial charge in [-0.1, -0.05) is 6.07 Å². The molecule has 0 atom stereocenters. The molecule has 0 saturated heterocycles. The van der Waals surface area contributed by atoms with Gasteiger partial charge in [0.15, 0.2) is 10.8 Å². The van der Waals surface area contributed by atoms with Gasteiger partial charge in [0.1, 0.15) is 9.90 Å². The predicted molar refractivity (Wildman–Crippen MR) is 121 cm³/mol. The van der Waals surface area contributed by atoms with Crippen LogP contribution in [0.4, 0.5) is 5.69 Å². The lowest BCUT2D eigenvalue weighted by molar-refractivity contribution is 0.0844. The summed E-state index contributed by atoms with van der Waals surface area (Å²) in [5.41, 5.74) is 5.38. The van der Waals surface area contributed by atoms with Gasteiger partial charge >= 0.3 is 0 Å². The average molecular weight is 489 g/mol. The molecule has 164 valence electrons. The molecule has 0 aliphatic heterocycles. The van der Waals surface area contributed by atoms with Gasteiger partial charge in [-0.3, -0.25) is 25.2 Å². The molecular formula is C20H16N4O5S3. The number of carbonyl (C=O) groups excluding carboxylic acids is 2. The normalized spacial score (nSPS) is 11.2. The van der Waals surface area contributed by atoms with Gasteiger partial charge < -0.3 is 4.42 Å². The molecule has 0 unspecified atom stereocenters. The van der Waals surface area contributed by atoms with Crippen molar-refractivity contribution in [2.75, 3.05) is 4.72 Å². The smallest absolute Gasteiger partial charge is 0.289 e. The van der Waals surface area contributed by atoms with Gasteiger partial charge in [0.25, 0.3) is 21.8 Å². The van der Waals surface area contributed by atoms with Crippen molar-refractivity contribution in [2.45, 2.75) is 11.1 Å². The average Bonchev–Trinajstić information content (AvgIpc) is 3.53. The Bertz CT molecular complexity index is 1340. The number of aryl methyl sites for hydroxylation is 1. The van der Waals surface area contributed by atoms with Crippen molar-refractivity contribution in [3.63, 3.8) is 0 Å². The van der Waals surface area contributed by atoms with Crippen molar-refractivity contribution in [3.05, 3.63) is 76.3 Å². The number of thiazole rings is 1. The van der Waals surface area contributed by atoms with Crippen molar-refractivity contribution in [1.82, 2.24) is 15.8 Å². The van der Waals surface area contributed by atoms with Crippen molar-refractivity contribution in [1.29, 1.82) is 0 Å². The van der Waals surface area contributed by atoms with Gasteiger partial charge in [-0.05, 0) is 54.8 Å². The molecule has 0 radical (unpaired) electrons. The van der Waals surface area contributed by atoms with Gasteiger partial charge in [-0.2, -0.15) is 0 Å². The van der Waals surface area contributed by atoms with E-state index < -0.39 is 21.8 Å². The third-order valence-electron chi connectivity index (χ3n) is 4.19. The van der Waals surface area contributed by atoms with Crippen molar-refractivity contribution >= 4 is 50.2 Å². The van der Waals surface area contributed by atoms with Crippen LogP contribution in [0.1, 0.15) is 25.7 Å². The number of thiophene rings is 1. The standard InChI is InChI=1S/C20H16N4O5S3/c1-12-17(21-20(31-12)15-4-2-10-29-15)19(26)23-22-18(25)13-6-8-14(9-7-13)24-32(27,28)16-5-3-11-30-16/h2-11,24H,1H3,(H,22,25)(H,23,26). The highest BCUT2D eigenvalue weighted by molar-refractivity contribution is 7.94. The Morgan fingerprint density at radius 2 is 1.75 bits per heavy atom. The summed E-state index contributed by atoms with van der Waals surface area (Å²) in [4.78, 5) is 29.7. The van der Waals surface area contributed by atoms with E-state index in [0.29, 0.717) is 21.3 Å². The second-order valence-electron chi connectivity index (χ2n) is 6.42. The Hall–Kier alpha value is -3.48. The molecule has 0 aliphatic carbocycles. The minimum absolute atomic E-state index is 0.181. The highest BCUT2D eigenvalue weighted by Gasteiger charge is 2.19. The summed E-state index contributed by atoms with van der Waals surface area (Å²) in [6, 6.07) is 12.4. The number of aromatic nitrogens is 1. The van der Waals surface area contributed by atoms with Crippen LogP contribution in [-0.2, 0) is 10.0 Å². The van der Waals surface area contributed by atoms with E-state index in [4.69, 9.17) is 4.42 Å². The van der Waals surface area contributed by atoms with Crippen LogP contribution < -0.4 is 15.6 Å². The van der Waals surface area contributed by atoms with Crippen LogP contribution in [0.5, 0.6) is 0 Å². The molecule has 0 spiro atoms. The lowest BCUT2D eigenvalue weighted by Gasteiger charge is -2.09. The van der Waals surface area contributed by atoms with E-state index >= 15 is 0 Å². The van der Waals surface area contributed by atoms with Crippen LogP contribution in [0.25, 0.3) is 10.8 Å². The van der Waals surface area contributed by atoms with Crippen LogP contribution in [-0.4, -0.2) is 25.2 Å². The van der Waals surface area contributed by atoms with Crippen LogP contribution >= 0.6 is 22.7 Å². The maximum absolute atomic E-state index is 12.4. The molecule has 2 amide bonds. The van der Waals surface area contributed by atoms with Crippen LogP contribution in [0.3, 0.4) is 0 Å². The van der Waals surface area contributed by atoms with Crippen LogP contribution in [0.15, 0.2) is 68.8 Å². The van der Waals surface area contributed by atoms with Gasteiger partial charge in [0, 0.05) is 16.1 Å². The molecule has 3 aromatic heterocycles. The zero-order valence-electron chi connectivity index (χ0n) is 16.5. The van der Waals surface area contributed by atoms with Gasteiger partial charge in [0.2, 0.25) is 0 Å². The fourth-order valence-electron chi connectivity index (χ4n) is 2.67. The zero-order chi connectivity index (χ0) is 22.7. The molecule has 9 nitrogen and oxygen atoms in total. The van der Waals surface area contributed by atoms with Gasteiger partial charge in [0.05, 0.1) is 6.26 Å².